The maximum atomic E-state index is 8.74. The molecule has 0 spiro atoms. The van der Waals surface area contributed by atoms with Crippen molar-refractivity contribution < 1.29 is 0 Å². The highest BCUT2D eigenvalue weighted by molar-refractivity contribution is 4.95. The topological polar surface area (TPSA) is 39.1 Å². The third-order valence-corrected chi connectivity index (χ3v) is 3.76. The molecule has 0 aromatic heterocycles. The number of fused-ring (bicyclic) bond motifs is 1. The first-order valence-electron chi connectivity index (χ1n) is 6.18. The maximum absolute atomic E-state index is 8.74. The first-order valence-corrected chi connectivity index (χ1v) is 6.18. The Morgan fingerprint density at radius 3 is 3.07 bits per heavy atom. The van der Waals surface area contributed by atoms with Crippen molar-refractivity contribution in [2.45, 2.75) is 44.7 Å². The van der Waals surface area contributed by atoms with E-state index in [1.165, 1.54) is 38.8 Å². The lowest BCUT2D eigenvalue weighted by atomic mass is 9.99. The summed E-state index contributed by atoms with van der Waals surface area (Å²) in [5.74, 6) is 0.141. The Morgan fingerprint density at radius 2 is 2.27 bits per heavy atom. The minimum absolute atomic E-state index is 0.141. The van der Waals surface area contributed by atoms with Crippen molar-refractivity contribution in [1.82, 2.24) is 10.2 Å². The minimum Gasteiger partial charge on any atom is -0.311 e. The Kier molecular flexibility index (Phi) is 3.61. The normalized spacial score (nSPS) is 33.3. The van der Waals surface area contributed by atoms with Crippen LogP contribution in [-0.2, 0) is 0 Å². The van der Waals surface area contributed by atoms with Crippen LogP contribution in [0, 0.1) is 17.2 Å². The highest BCUT2D eigenvalue weighted by atomic mass is 15.2. The summed E-state index contributed by atoms with van der Waals surface area (Å²) >= 11 is 0. The van der Waals surface area contributed by atoms with Gasteiger partial charge in [0.2, 0.25) is 0 Å². The fourth-order valence-corrected chi connectivity index (χ4v) is 2.86. The average molecular weight is 207 g/mol. The molecule has 15 heavy (non-hydrogen) atoms. The summed E-state index contributed by atoms with van der Waals surface area (Å²) in [6, 6.07) is 3.68. The minimum atomic E-state index is 0.141. The molecule has 2 heterocycles. The van der Waals surface area contributed by atoms with Gasteiger partial charge in [-0.05, 0) is 32.7 Å². The number of piperidine rings is 1. The first kappa shape index (κ1) is 10.9. The molecule has 0 saturated carbocycles. The fourth-order valence-electron chi connectivity index (χ4n) is 2.86. The number of nitrogens with zero attached hydrogens (tertiary/aromatic N) is 2. The van der Waals surface area contributed by atoms with Crippen LogP contribution in [0.25, 0.3) is 0 Å². The van der Waals surface area contributed by atoms with Crippen molar-refractivity contribution >= 4 is 0 Å². The van der Waals surface area contributed by atoms with Crippen LogP contribution in [0.2, 0.25) is 0 Å². The molecule has 2 saturated heterocycles. The Bertz CT molecular complexity index is 246. The van der Waals surface area contributed by atoms with Crippen molar-refractivity contribution in [2.24, 2.45) is 5.92 Å². The van der Waals surface area contributed by atoms with Gasteiger partial charge in [-0.3, -0.25) is 4.90 Å². The Balaban J connectivity index is 1.81. The van der Waals surface area contributed by atoms with Gasteiger partial charge in [0.25, 0.3) is 0 Å². The summed E-state index contributed by atoms with van der Waals surface area (Å²) in [7, 11) is 0. The summed E-state index contributed by atoms with van der Waals surface area (Å²) < 4.78 is 0. The van der Waals surface area contributed by atoms with Gasteiger partial charge in [0.15, 0.2) is 0 Å². The monoisotopic (exact) mass is 207 g/mol. The molecule has 3 heteroatoms. The lowest BCUT2D eigenvalue weighted by molar-refractivity contribution is 0.180. The zero-order valence-corrected chi connectivity index (χ0v) is 9.58. The van der Waals surface area contributed by atoms with E-state index in [1.807, 2.05) is 6.92 Å². The molecule has 2 aliphatic rings. The van der Waals surface area contributed by atoms with Crippen LogP contribution < -0.4 is 5.32 Å². The molecule has 3 nitrogen and oxygen atoms in total. The van der Waals surface area contributed by atoms with Gasteiger partial charge in [0.05, 0.1) is 12.0 Å². The second-order valence-corrected chi connectivity index (χ2v) is 4.93. The molecule has 0 radical (unpaired) electrons. The van der Waals surface area contributed by atoms with E-state index >= 15 is 0 Å². The molecular formula is C12H21N3. The number of rotatable bonds is 3. The molecule has 0 aromatic carbocycles. The van der Waals surface area contributed by atoms with Crippen molar-refractivity contribution in [3.05, 3.63) is 0 Å². The van der Waals surface area contributed by atoms with Crippen LogP contribution in [0.1, 0.15) is 32.6 Å². The molecule has 0 bridgehead atoms. The lowest BCUT2D eigenvalue weighted by Crippen LogP contribution is -2.45. The molecule has 3 unspecified atom stereocenters. The van der Waals surface area contributed by atoms with Crippen LogP contribution in [0.5, 0.6) is 0 Å². The molecule has 2 aliphatic heterocycles. The van der Waals surface area contributed by atoms with Crippen LogP contribution in [0.4, 0.5) is 0 Å². The van der Waals surface area contributed by atoms with E-state index in [0.717, 1.165) is 12.6 Å². The van der Waals surface area contributed by atoms with Crippen molar-refractivity contribution in [3.63, 3.8) is 0 Å². The summed E-state index contributed by atoms with van der Waals surface area (Å²) in [6.07, 6.45) is 5.37. The van der Waals surface area contributed by atoms with E-state index in [2.05, 4.69) is 16.3 Å². The molecule has 1 N–H and O–H groups in total. The molecule has 0 aromatic rings. The second-order valence-electron chi connectivity index (χ2n) is 4.93. The largest absolute Gasteiger partial charge is 0.311 e. The molecular weight excluding hydrogens is 186 g/mol. The third kappa shape index (κ3) is 2.50. The van der Waals surface area contributed by atoms with E-state index in [9.17, 15) is 0 Å². The molecule has 84 valence electrons. The molecule has 2 fully saturated rings. The smallest absolute Gasteiger partial charge is 0.0666 e. The molecule has 0 amide bonds. The fraction of sp³-hybridized carbons (Fsp3) is 0.917. The van der Waals surface area contributed by atoms with Gasteiger partial charge in [-0.15, -0.1) is 0 Å². The van der Waals surface area contributed by atoms with Gasteiger partial charge in [0, 0.05) is 25.2 Å². The van der Waals surface area contributed by atoms with Crippen LogP contribution >= 0.6 is 0 Å². The Labute approximate surface area is 92.4 Å². The SMILES string of the molecule is CC(C#N)CNC1CCN2CCCCC12. The van der Waals surface area contributed by atoms with E-state index < -0.39 is 0 Å². The highest BCUT2D eigenvalue weighted by Gasteiger charge is 2.34. The predicted molar refractivity (Wildman–Crippen MR) is 60.4 cm³/mol. The lowest BCUT2D eigenvalue weighted by Gasteiger charge is -2.32. The number of nitriles is 1. The van der Waals surface area contributed by atoms with Gasteiger partial charge >= 0.3 is 0 Å². The van der Waals surface area contributed by atoms with Crippen LogP contribution in [0.15, 0.2) is 0 Å². The zero-order chi connectivity index (χ0) is 10.7. The van der Waals surface area contributed by atoms with Crippen molar-refractivity contribution in [2.75, 3.05) is 19.6 Å². The summed E-state index contributed by atoms with van der Waals surface area (Å²) in [4.78, 5) is 2.62. The highest BCUT2D eigenvalue weighted by Crippen LogP contribution is 2.27. The summed E-state index contributed by atoms with van der Waals surface area (Å²) in [5, 5.41) is 12.3. The molecule has 0 aliphatic carbocycles. The van der Waals surface area contributed by atoms with E-state index in [1.54, 1.807) is 0 Å². The first-order chi connectivity index (χ1) is 7.31. The Morgan fingerprint density at radius 1 is 1.40 bits per heavy atom. The van der Waals surface area contributed by atoms with Gasteiger partial charge in [-0.25, -0.2) is 0 Å². The van der Waals surface area contributed by atoms with Gasteiger partial charge in [-0.2, -0.15) is 5.26 Å². The third-order valence-electron chi connectivity index (χ3n) is 3.76. The van der Waals surface area contributed by atoms with Gasteiger partial charge in [-0.1, -0.05) is 6.42 Å². The van der Waals surface area contributed by atoms with Crippen LogP contribution in [0.3, 0.4) is 0 Å². The van der Waals surface area contributed by atoms with Crippen molar-refractivity contribution in [3.8, 4) is 6.07 Å². The quantitative estimate of drug-likeness (QED) is 0.759. The standard InChI is InChI=1S/C12H21N3/c1-10(8-13)9-14-11-5-7-15-6-3-2-4-12(11)15/h10-12,14H,2-7,9H2,1H3. The zero-order valence-electron chi connectivity index (χ0n) is 9.58. The van der Waals surface area contributed by atoms with Gasteiger partial charge in [0.1, 0.15) is 0 Å². The second kappa shape index (κ2) is 4.96. The van der Waals surface area contributed by atoms with Crippen LogP contribution in [-0.4, -0.2) is 36.6 Å². The summed E-state index contributed by atoms with van der Waals surface area (Å²) in [6.45, 7) is 5.38. The maximum Gasteiger partial charge on any atom is 0.0666 e. The molecule has 3 atom stereocenters. The van der Waals surface area contributed by atoms with E-state index in [-0.39, 0.29) is 5.92 Å². The van der Waals surface area contributed by atoms with Gasteiger partial charge < -0.3 is 5.32 Å². The summed E-state index contributed by atoms with van der Waals surface area (Å²) in [5.41, 5.74) is 0. The predicted octanol–water partition coefficient (Wildman–Crippen LogP) is 1.36. The average Bonchev–Trinajstić information content (AvgIpc) is 2.69. The molecule has 2 rings (SSSR count). The number of nitrogens with one attached hydrogen (secondary N) is 1. The van der Waals surface area contributed by atoms with E-state index in [0.29, 0.717) is 6.04 Å². The number of hydrogen-bond donors (Lipinski definition) is 1. The van der Waals surface area contributed by atoms with Crippen molar-refractivity contribution in [1.29, 1.82) is 5.26 Å². The number of hydrogen-bond acceptors (Lipinski definition) is 3. The Hall–Kier alpha value is -0.590. The van der Waals surface area contributed by atoms with E-state index in [4.69, 9.17) is 5.26 Å².